The van der Waals surface area contributed by atoms with E-state index in [1.165, 1.54) is 12.7 Å². The van der Waals surface area contributed by atoms with Crippen molar-refractivity contribution in [3.63, 3.8) is 0 Å². The highest BCUT2D eigenvalue weighted by Gasteiger charge is 2.80. The molecule has 11 atom stereocenters. The number of hydrogen-bond donors (Lipinski definition) is 0. The second-order valence-corrected chi connectivity index (χ2v) is 12.2. The summed E-state index contributed by atoms with van der Waals surface area (Å²) in [6, 6.07) is 0. The van der Waals surface area contributed by atoms with E-state index in [1.807, 2.05) is 6.08 Å². The third-order valence-electron chi connectivity index (χ3n) is 11.6. The predicted molar refractivity (Wildman–Crippen MR) is 110 cm³/mol. The molecule has 166 valence electrons. The lowest BCUT2D eigenvalue weighted by molar-refractivity contribution is -0.186. The third-order valence-corrected chi connectivity index (χ3v) is 11.6. The van der Waals surface area contributed by atoms with Gasteiger partial charge in [-0.25, -0.2) is 0 Å². The van der Waals surface area contributed by atoms with Crippen LogP contribution in [0.3, 0.4) is 0 Å². The van der Waals surface area contributed by atoms with Crippen LogP contribution < -0.4 is 0 Å². The number of methoxy groups -OCH3 is 1. The molecule has 7 rings (SSSR count). The standard InChI is InChI=1S/C26H32O5/c1-24-6-4-16-21(22(24)14-11-18(14)26(24)7-5-20(28)31-26)15(23(29)30-3)8-12-9-19(27)13-10-17(13)25(12,16)2/h9,13-18,21-22H,4-8,10-11H2,1-3H3/t13-,14-,15-,16+,17+,18+,21-,22+,24+,25+,26?/m1/s1. The second-order valence-electron chi connectivity index (χ2n) is 12.2. The Bertz CT molecular complexity index is 967. The van der Waals surface area contributed by atoms with Crippen LogP contribution in [0.4, 0.5) is 0 Å². The fraction of sp³-hybridized carbons (Fsp3) is 0.808. The lowest BCUT2D eigenvalue weighted by Crippen LogP contribution is -2.60. The average Bonchev–Trinajstić information content (AvgIpc) is 3.65. The maximum absolute atomic E-state index is 13.1. The minimum Gasteiger partial charge on any atom is -0.469 e. The molecule has 31 heavy (non-hydrogen) atoms. The minimum atomic E-state index is -0.313. The van der Waals surface area contributed by atoms with Crippen LogP contribution in [0, 0.1) is 58.2 Å². The van der Waals surface area contributed by atoms with Crippen LogP contribution in [0.25, 0.3) is 0 Å². The number of rotatable bonds is 1. The maximum Gasteiger partial charge on any atom is 0.309 e. The van der Waals surface area contributed by atoms with E-state index in [-0.39, 0.29) is 51.9 Å². The number of hydrogen-bond acceptors (Lipinski definition) is 5. The summed E-state index contributed by atoms with van der Waals surface area (Å²) >= 11 is 0. The van der Waals surface area contributed by atoms with Gasteiger partial charge >= 0.3 is 11.9 Å². The quantitative estimate of drug-likeness (QED) is 0.600. The van der Waals surface area contributed by atoms with Crippen molar-refractivity contribution in [2.24, 2.45) is 58.2 Å². The Morgan fingerprint density at radius 2 is 1.94 bits per heavy atom. The van der Waals surface area contributed by atoms with E-state index in [0.717, 1.165) is 32.1 Å². The summed E-state index contributed by atoms with van der Waals surface area (Å²) in [4.78, 5) is 38.0. The van der Waals surface area contributed by atoms with Gasteiger partial charge in [-0.3, -0.25) is 14.4 Å². The van der Waals surface area contributed by atoms with Crippen molar-refractivity contribution in [3.05, 3.63) is 11.6 Å². The molecule has 1 unspecified atom stereocenters. The Balaban J connectivity index is 1.36. The fourth-order valence-electron chi connectivity index (χ4n) is 10.2. The number of carbonyl (C=O) groups is 3. The Kier molecular flexibility index (Phi) is 3.32. The minimum absolute atomic E-state index is 0.0294. The first-order valence-corrected chi connectivity index (χ1v) is 12.3. The molecular weight excluding hydrogens is 392 g/mol. The fourth-order valence-corrected chi connectivity index (χ4v) is 10.2. The molecule has 5 saturated carbocycles. The van der Waals surface area contributed by atoms with Crippen LogP contribution in [-0.2, 0) is 23.9 Å². The van der Waals surface area contributed by atoms with Gasteiger partial charge in [0, 0.05) is 23.7 Å². The van der Waals surface area contributed by atoms with Crippen molar-refractivity contribution in [1.29, 1.82) is 0 Å². The molecular formula is C26H32O5. The van der Waals surface area contributed by atoms with E-state index in [4.69, 9.17) is 9.47 Å². The molecule has 0 radical (unpaired) electrons. The van der Waals surface area contributed by atoms with Gasteiger partial charge < -0.3 is 9.47 Å². The largest absolute Gasteiger partial charge is 0.469 e. The molecule has 0 amide bonds. The zero-order valence-corrected chi connectivity index (χ0v) is 18.7. The van der Waals surface area contributed by atoms with Gasteiger partial charge in [0.15, 0.2) is 5.78 Å². The van der Waals surface area contributed by atoms with Crippen LogP contribution in [0.5, 0.6) is 0 Å². The number of esters is 2. The lowest BCUT2D eigenvalue weighted by atomic mass is 9.43. The molecule has 0 N–H and O–H groups in total. The van der Waals surface area contributed by atoms with E-state index in [0.29, 0.717) is 42.4 Å². The van der Waals surface area contributed by atoms with E-state index in [2.05, 4.69) is 13.8 Å². The highest BCUT2D eigenvalue weighted by molar-refractivity contribution is 5.96. The smallest absolute Gasteiger partial charge is 0.309 e. The van der Waals surface area contributed by atoms with Crippen LogP contribution >= 0.6 is 0 Å². The molecule has 0 bridgehead atoms. The zero-order valence-electron chi connectivity index (χ0n) is 18.7. The first-order valence-electron chi connectivity index (χ1n) is 12.3. The van der Waals surface area contributed by atoms with Crippen LogP contribution in [-0.4, -0.2) is 30.4 Å². The van der Waals surface area contributed by atoms with Gasteiger partial charge in [0.1, 0.15) is 5.60 Å². The van der Waals surface area contributed by atoms with Gasteiger partial charge in [0.25, 0.3) is 0 Å². The Hall–Kier alpha value is -1.65. The van der Waals surface area contributed by atoms with Crippen molar-refractivity contribution in [1.82, 2.24) is 0 Å². The predicted octanol–water partition coefficient (Wildman–Crippen LogP) is 3.71. The second kappa shape index (κ2) is 5.46. The Morgan fingerprint density at radius 1 is 1.13 bits per heavy atom. The zero-order chi connectivity index (χ0) is 21.5. The van der Waals surface area contributed by atoms with Gasteiger partial charge in [0.05, 0.1) is 13.0 Å². The topological polar surface area (TPSA) is 69.7 Å². The van der Waals surface area contributed by atoms with Crippen LogP contribution in [0.1, 0.15) is 58.8 Å². The molecule has 6 aliphatic carbocycles. The normalized spacial score (nSPS) is 57.7. The summed E-state index contributed by atoms with van der Waals surface area (Å²) < 4.78 is 11.5. The highest BCUT2D eigenvalue weighted by Crippen LogP contribution is 2.81. The molecule has 1 saturated heterocycles. The summed E-state index contributed by atoms with van der Waals surface area (Å²) in [6.07, 6.45) is 8.21. The van der Waals surface area contributed by atoms with Gasteiger partial charge in [-0.2, -0.15) is 0 Å². The molecule has 5 nitrogen and oxygen atoms in total. The van der Waals surface area contributed by atoms with Crippen LogP contribution in [0.15, 0.2) is 11.6 Å². The summed E-state index contributed by atoms with van der Waals surface area (Å²) in [5.41, 5.74) is 0.878. The molecule has 1 spiro atoms. The van der Waals surface area contributed by atoms with Crippen molar-refractivity contribution < 1.29 is 23.9 Å². The number of ether oxygens (including phenoxy) is 2. The molecule has 1 heterocycles. The van der Waals surface area contributed by atoms with E-state index < -0.39 is 0 Å². The Labute approximate surface area is 183 Å². The van der Waals surface area contributed by atoms with Crippen molar-refractivity contribution in [3.8, 4) is 0 Å². The van der Waals surface area contributed by atoms with Gasteiger partial charge in [-0.15, -0.1) is 0 Å². The molecule has 0 aromatic carbocycles. The van der Waals surface area contributed by atoms with Gasteiger partial charge in [0.2, 0.25) is 0 Å². The van der Waals surface area contributed by atoms with E-state index in [1.54, 1.807) is 0 Å². The van der Waals surface area contributed by atoms with Crippen molar-refractivity contribution >= 4 is 17.7 Å². The molecule has 0 aromatic heterocycles. The SMILES string of the molecule is COC(=O)[C@@H]1CC2=CC(=O)[C@@H]3C[C@@H]3[C@]2(C)[C@H]2CC[C@@]3(C)[C@@H]([C@@H]4C[C@@H]4C34CCC(=O)O4)[C@H]12. The highest BCUT2D eigenvalue weighted by atomic mass is 16.6. The summed E-state index contributed by atoms with van der Waals surface area (Å²) in [7, 11) is 1.50. The number of fused-ring (bicyclic) bond motifs is 11. The van der Waals surface area contributed by atoms with Crippen LogP contribution in [0.2, 0.25) is 0 Å². The average molecular weight is 425 g/mol. The summed E-state index contributed by atoms with van der Waals surface area (Å²) in [5, 5.41) is 0. The summed E-state index contributed by atoms with van der Waals surface area (Å²) in [5.74, 6) is 2.70. The maximum atomic E-state index is 13.1. The molecule has 7 aliphatic rings. The number of ketones is 1. The van der Waals surface area contributed by atoms with E-state index >= 15 is 0 Å². The Morgan fingerprint density at radius 3 is 2.65 bits per heavy atom. The van der Waals surface area contributed by atoms with Gasteiger partial charge in [-0.1, -0.05) is 19.4 Å². The number of carbonyl (C=O) groups excluding carboxylic acids is 3. The first kappa shape index (κ1) is 18.9. The molecule has 0 aromatic rings. The molecule has 1 aliphatic heterocycles. The molecule has 6 fully saturated rings. The summed E-state index contributed by atoms with van der Waals surface area (Å²) in [6.45, 7) is 4.76. The number of allylic oxidation sites excluding steroid dienone is 1. The van der Waals surface area contributed by atoms with Crippen molar-refractivity contribution in [2.75, 3.05) is 7.11 Å². The lowest BCUT2D eigenvalue weighted by Gasteiger charge is -2.61. The van der Waals surface area contributed by atoms with Crippen molar-refractivity contribution in [2.45, 2.75) is 64.4 Å². The third kappa shape index (κ3) is 1.95. The molecule has 5 heteroatoms. The van der Waals surface area contributed by atoms with Gasteiger partial charge in [-0.05, 0) is 79.6 Å². The monoisotopic (exact) mass is 424 g/mol. The first-order chi connectivity index (χ1) is 14.8. The van der Waals surface area contributed by atoms with E-state index in [9.17, 15) is 14.4 Å².